The van der Waals surface area contributed by atoms with Gasteiger partial charge in [-0.05, 0) is 161 Å². The van der Waals surface area contributed by atoms with E-state index >= 15 is 0 Å². The molecule has 4 heterocycles. The van der Waals surface area contributed by atoms with Crippen molar-refractivity contribution in [2.24, 2.45) is 0 Å². The second-order valence-electron chi connectivity index (χ2n) is 19.6. The van der Waals surface area contributed by atoms with E-state index in [-0.39, 0.29) is 0 Å². The molecule has 0 unspecified atom stereocenters. The van der Waals surface area contributed by atoms with Crippen LogP contribution in [0.3, 0.4) is 0 Å². The standard InChI is InChI=1S/4C16H17NO/c1-12-5-3-8-15(9-12)17-10-14-7-4-6-13(2)16(14)18-11-17;1-12-5-3-7-14(9-12)17-10-15-13(2)6-4-8-16(15)18-11-17;1-12-4-3-5-15(9-12)17-10-14-8-13(2)6-7-16(14)18-11-17;1-12-4-3-5-15(8-12)17-10-14-7-6-13(2)9-16(14)18-11-17/h4*3-9H,10-11H2,1-2H3. The zero-order valence-corrected chi connectivity index (χ0v) is 43.2. The summed E-state index contributed by atoms with van der Waals surface area (Å²) in [4.78, 5) is 9.04. The Hall–Kier alpha value is -7.84. The third-order valence-corrected chi connectivity index (χ3v) is 13.5. The lowest BCUT2D eigenvalue weighted by Gasteiger charge is -2.31. The van der Waals surface area contributed by atoms with E-state index in [9.17, 15) is 0 Å². The molecule has 8 aromatic rings. The van der Waals surface area contributed by atoms with E-state index < -0.39 is 0 Å². The Balaban J connectivity index is 0.000000119. The number of anilines is 4. The highest BCUT2D eigenvalue weighted by atomic mass is 16.5. The smallest absolute Gasteiger partial charge is 0.161 e. The first kappa shape index (κ1) is 49.2. The second-order valence-corrected chi connectivity index (χ2v) is 19.6. The van der Waals surface area contributed by atoms with E-state index in [0.717, 1.165) is 49.2 Å². The Morgan fingerprint density at radius 3 is 1.28 bits per heavy atom. The molecule has 0 amide bonds. The molecule has 4 aliphatic rings. The number of nitrogens with zero attached hydrogens (tertiary/aromatic N) is 4. The minimum atomic E-state index is 0.625. The summed E-state index contributed by atoms with van der Waals surface area (Å²) in [6.07, 6.45) is 0. The first-order valence-electron chi connectivity index (χ1n) is 25.1. The lowest BCUT2D eigenvalue weighted by atomic mass is 10.1. The third-order valence-electron chi connectivity index (χ3n) is 13.5. The van der Waals surface area contributed by atoms with Crippen LogP contribution in [0.1, 0.15) is 66.8 Å². The molecule has 0 saturated heterocycles. The lowest BCUT2D eigenvalue weighted by molar-refractivity contribution is 0.287. The molecule has 0 saturated carbocycles. The molecule has 0 spiro atoms. The van der Waals surface area contributed by atoms with E-state index in [1.807, 2.05) is 0 Å². The van der Waals surface area contributed by atoms with Gasteiger partial charge in [-0.15, -0.1) is 0 Å². The van der Waals surface area contributed by atoms with Crippen LogP contribution in [0.4, 0.5) is 22.7 Å². The molecule has 0 fully saturated rings. The Bertz CT molecular complexity index is 3100. The first-order chi connectivity index (χ1) is 34.9. The van der Waals surface area contributed by atoms with Crippen LogP contribution in [0.15, 0.2) is 170 Å². The van der Waals surface area contributed by atoms with Crippen LogP contribution in [-0.4, -0.2) is 26.9 Å². The molecule has 8 aromatic carbocycles. The van der Waals surface area contributed by atoms with Gasteiger partial charge in [-0.25, -0.2) is 0 Å². The zero-order chi connectivity index (χ0) is 50.1. The molecule has 8 heteroatoms. The Morgan fingerprint density at radius 2 is 0.708 bits per heavy atom. The van der Waals surface area contributed by atoms with Crippen molar-refractivity contribution in [2.45, 2.75) is 81.6 Å². The van der Waals surface area contributed by atoms with E-state index in [0.29, 0.717) is 26.9 Å². The van der Waals surface area contributed by atoms with E-state index in [1.54, 1.807) is 0 Å². The number of benzene rings is 8. The van der Waals surface area contributed by atoms with Gasteiger partial charge in [0.1, 0.15) is 23.0 Å². The molecule has 0 radical (unpaired) electrons. The maximum atomic E-state index is 5.89. The van der Waals surface area contributed by atoms with Crippen LogP contribution in [0.25, 0.3) is 0 Å². The third kappa shape index (κ3) is 12.2. The van der Waals surface area contributed by atoms with Crippen molar-refractivity contribution in [3.63, 3.8) is 0 Å². The van der Waals surface area contributed by atoms with Gasteiger partial charge in [-0.2, -0.15) is 0 Å². The molecule has 0 bridgehead atoms. The molecule has 0 N–H and O–H groups in total. The minimum Gasteiger partial charge on any atom is -0.473 e. The molecule has 0 aromatic heterocycles. The second kappa shape index (κ2) is 22.5. The fraction of sp³-hybridized carbons (Fsp3) is 0.250. The van der Waals surface area contributed by atoms with Gasteiger partial charge in [0.15, 0.2) is 26.9 Å². The van der Waals surface area contributed by atoms with Gasteiger partial charge in [0.05, 0.1) is 6.54 Å². The van der Waals surface area contributed by atoms with Crippen LogP contribution in [-0.2, 0) is 26.2 Å². The van der Waals surface area contributed by atoms with E-state index in [2.05, 4.69) is 245 Å². The van der Waals surface area contributed by atoms with Gasteiger partial charge < -0.3 is 38.5 Å². The fourth-order valence-corrected chi connectivity index (χ4v) is 9.49. The number of fused-ring (bicyclic) bond motifs is 4. The molecular weight excluding hydrogens is 889 g/mol. The van der Waals surface area contributed by atoms with Gasteiger partial charge in [0.2, 0.25) is 0 Å². The summed E-state index contributed by atoms with van der Waals surface area (Å²) in [5, 5.41) is 0. The molecular formula is C64H68N4O4. The Morgan fingerprint density at radius 1 is 0.292 bits per heavy atom. The largest absolute Gasteiger partial charge is 0.473 e. The molecule has 0 atom stereocenters. The van der Waals surface area contributed by atoms with Gasteiger partial charge in [0, 0.05) is 64.6 Å². The summed E-state index contributed by atoms with van der Waals surface area (Å²) in [5.74, 6) is 4.13. The number of ether oxygens (including phenoxy) is 4. The monoisotopic (exact) mass is 957 g/mol. The van der Waals surface area contributed by atoms with Crippen LogP contribution in [0.2, 0.25) is 0 Å². The SMILES string of the molecule is Cc1cccc(N2COc3c(C)cccc3C2)c1.Cc1cccc(N2COc3cc(C)ccc3C2)c1.Cc1cccc(N2COc3ccc(C)cc3C2)c1.Cc1cccc(N2COc3cccc(C)c3C2)c1. The van der Waals surface area contributed by atoms with Crippen molar-refractivity contribution in [1.29, 1.82) is 0 Å². The van der Waals surface area contributed by atoms with Crippen molar-refractivity contribution in [3.05, 3.63) is 237 Å². The predicted molar refractivity (Wildman–Crippen MR) is 296 cm³/mol. The van der Waals surface area contributed by atoms with Crippen molar-refractivity contribution >= 4 is 22.7 Å². The highest BCUT2D eigenvalue weighted by molar-refractivity contribution is 5.56. The molecule has 4 aliphatic heterocycles. The topological polar surface area (TPSA) is 49.9 Å². The van der Waals surface area contributed by atoms with Crippen LogP contribution in [0.5, 0.6) is 23.0 Å². The Kier molecular flexibility index (Phi) is 15.4. The maximum Gasteiger partial charge on any atom is 0.161 e. The van der Waals surface area contributed by atoms with Crippen LogP contribution >= 0.6 is 0 Å². The number of rotatable bonds is 4. The summed E-state index contributed by atoms with van der Waals surface area (Å²) >= 11 is 0. The van der Waals surface area contributed by atoms with Crippen molar-refractivity contribution in [1.82, 2.24) is 0 Å². The molecule has 8 nitrogen and oxygen atoms in total. The quantitative estimate of drug-likeness (QED) is 0.173. The van der Waals surface area contributed by atoms with Crippen molar-refractivity contribution < 1.29 is 18.9 Å². The van der Waals surface area contributed by atoms with Gasteiger partial charge in [0.25, 0.3) is 0 Å². The van der Waals surface area contributed by atoms with E-state index in [4.69, 9.17) is 18.9 Å². The molecule has 72 heavy (non-hydrogen) atoms. The van der Waals surface area contributed by atoms with Crippen LogP contribution in [0, 0.1) is 55.4 Å². The van der Waals surface area contributed by atoms with Gasteiger partial charge in [-0.1, -0.05) is 109 Å². The molecule has 368 valence electrons. The highest BCUT2D eigenvalue weighted by Gasteiger charge is 2.22. The summed E-state index contributed by atoms with van der Waals surface area (Å²) in [7, 11) is 0. The average molecular weight is 957 g/mol. The zero-order valence-electron chi connectivity index (χ0n) is 43.2. The summed E-state index contributed by atoms with van der Waals surface area (Å²) < 4.78 is 23.4. The summed E-state index contributed by atoms with van der Waals surface area (Å²) in [5.41, 5.74) is 20.1. The Labute approximate surface area is 427 Å². The number of aryl methyl sites for hydroxylation is 8. The summed E-state index contributed by atoms with van der Waals surface area (Å²) in [6.45, 7) is 23.1. The highest BCUT2D eigenvalue weighted by Crippen LogP contribution is 2.34. The van der Waals surface area contributed by atoms with E-state index in [1.165, 1.54) is 89.5 Å². The number of para-hydroxylation sites is 1. The van der Waals surface area contributed by atoms with Crippen LogP contribution < -0.4 is 38.5 Å². The van der Waals surface area contributed by atoms with Crippen molar-refractivity contribution in [3.8, 4) is 23.0 Å². The molecule has 12 rings (SSSR count). The predicted octanol–water partition coefficient (Wildman–Crippen LogP) is 14.6. The number of hydrogen-bond donors (Lipinski definition) is 0. The maximum absolute atomic E-state index is 5.89. The van der Waals surface area contributed by atoms with Gasteiger partial charge >= 0.3 is 0 Å². The fourth-order valence-electron chi connectivity index (χ4n) is 9.49. The number of hydrogen-bond acceptors (Lipinski definition) is 8. The first-order valence-corrected chi connectivity index (χ1v) is 25.1. The lowest BCUT2D eigenvalue weighted by Crippen LogP contribution is -2.32. The molecule has 0 aliphatic carbocycles. The minimum absolute atomic E-state index is 0.625. The van der Waals surface area contributed by atoms with Crippen molar-refractivity contribution in [2.75, 3.05) is 46.5 Å². The normalized spacial score (nSPS) is 14.0. The average Bonchev–Trinajstić information content (AvgIpc) is 3.39. The van der Waals surface area contributed by atoms with Gasteiger partial charge in [-0.3, -0.25) is 0 Å². The summed E-state index contributed by atoms with van der Waals surface area (Å²) in [6, 6.07) is 59.6.